The SMILES string of the molecule is CC1CCC(CCNC(C)c2cc(O)cc(O)c2)CC1. The molecule has 1 aliphatic rings. The van der Waals surface area contributed by atoms with Gasteiger partial charge in [-0.15, -0.1) is 0 Å². The number of benzene rings is 1. The van der Waals surface area contributed by atoms with Crippen LogP contribution in [0.25, 0.3) is 0 Å². The van der Waals surface area contributed by atoms with Crippen LogP contribution < -0.4 is 5.32 Å². The highest BCUT2D eigenvalue weighted by Crippen LogP contribution is 2.30. The van der Waals surface area contributed by atoms with Crippen molar-refractivity contribution < 1.29 is 10.2 Å². The molecule has 1 aromatic rings. The van der Waals surface area contributed by atoms with Gasteiger partial charge in [0.15, 0.2) is 0 Å². The molecule has 0 heterocycles. The predicted molar refractivity (Wildman–Crippen MR) is 81.9 cm³/mol. The van der Waals surface area contributed by atoms with E-state index in [1.54, 1.807) is 12.1 Å². The van der Waals surface area contributed by atoms with Gasteiger partial charge in [-0.3, -0.25) is 0 Å². The monoisotopic (exact) mass is 277 g/mol. The van der Waals surface area contributed by atoms with Crippen molar-refractivity contribution in [1.82, 2.24) is 5.32 Å². The molecule has 0 aliphatic heterocycles. The topological polar surface area (TPSA) is 52.5 Å². The molecule has 0 bridgehead atoms. The van der Waals surface area contributed by atoms with E-state index in [9.17, 15) is 10.2 Å². The van der Waals surface area contributed by atoms with Gasteiger partial charge in [-0.2, -0.15) is 0 Å². The molecule has 1 fully saturated rings. The molecule has 1 atom stereocenters. The quantitative estimate of drug-likeness (QED) is 0.763. The van der Waals surface area contributed by atoms with Crippen LogP contribution in [0, 0.1) is 11.8 Å². The van der Waals surface area contributed by atoms with Gasteiger partial charge in [0.25, 0.3) is 0 Å². The molecular weight excluding hydrogens is 250 g/mol. The van der Waals surface area contributed by atoms with Gasteiger partial charge in [-0.25, -0.2) is 0 Å². The van der Waals surface area contributed by atoms with Gasteiger partial charge < -0.3 is 15.5 Å². The minimum atomic E-state index is 0.120. The fraction of sp³-hybridized carbons (Fsp3) is 0.647. The number of aromatic hydroxyl groups is 2. The summed E-state index contributed by atoms with van der Waals surface area (Å²) in [7, 11) is 0. The highest BCUT2D eigenvalue weighted by Gasteiger charge is 2.18. The van der Waals surface area contributed by atoms with E-state index >= 15 is 0 Å². The lowest BCUT2D eigenvalue weighted by molar-refractivity contribution is 0.273. The smallest absolute Gasteiger partial charge is 0.119 e. The second kappa shape index (κ2) is 6.98. The van der Waals surface area contributed by atoms with Crippen LogP contribution >= 0.6 is 0 Å². The predicted octanol–water partition coefficient (Wildman–Crippen LogP) is 3.96. The maximum absolute atomic E-state index is 9.51. The van der Waals surface area contributed by atoms with Crippen LogP contribution in [0.4, 0.5) is 0 Å². The summed E-state index contributed by atoms with van der Waals surface area (Å²) < 4.78 is 0. The van der Waals surface area contributed by atoms with Gasteiger partial charge in [-0.1, -0.05) is 32.6 Å². The lowest BCUT2D eigenvalue weighted by Gasteiger charge is -2.26. The molecule has 20 heavy (non-hydrogen) atoms. The normalized spacial score (nSPS) is 24.5. The summed E-state index contributed by atoms with van der Waals surface area (Å²) in [6, 6.07) is 4.93. The van der Waals surface area contributed by atoms with Crippen molar-refractivity contribution in [3.05, 3.63) is 23.8 Å². The molecule has 3 nitrogen and oxygen atoms in total. The van der Waals surface area contributed by atoms with Crippen molar-refractivity contribution in [2.75, 3.05) is 6.54 Å². The summed E-state index contributed by atoms with van der Waals surface area (Å²) in [6.07, 6.45) is 6.71. The second-order valence-corrected chi connectivity index (χ2v) is 6.37. The minimum absolute atomic E-state index is 0.120. The summed E-state index contributed by atoms with van der Waals surface area (Å²) in [5.74, 6) is 2.02. The highest BCUT2D eigenvalue weighted by atomic mass is 16.3. The molecule has 0 aromatic heterocycles. The summed E-state index contributed by atoms with van der Waals surface area (Å²) in [6.45, 7) is 5.42. The van der Waals surface area contributed by atoms with E-state index in [1.807, 2.05) is 0 Å². The van der Waals surface area contributed by atoms with Gasteiger partial charge in [0.2, 0.25) is 0 Å². The molecule has 1 unspecified atom stereocenters. The van der Waals surface area contributed by atoms with Crippen LogP contribution in [0.5, 0.6) is 11.5 Å². The van der Waals surface area contributed by atoms with Gasteiger partial charge in [0.1, 0.15) is 11.5 Å². The van der Waals surface area contributed by atoms with E-state index in [4.69, 9.17) is 0 Å². The molecule has 0 saturated heterocycles. The Balaban J connectivity index is 1.76. The van der Waals surface area contributed by atoms with Crippen molar-refractivity contribution in [2.45, 2.75) is 52.0 Å². The lowest BCUT2D eigenvalue weighted by Crippen LogP contribution is -2.23. The maximum Gasteiger partial charge on any atom is 0.119 e. The molecule has 3 heteroatoms. The Morgan fingerprint density at radius 2 is 1.70 bits per heavy atom. The molecule has 0 radical (unpaired) electrons. The third-order valence-corrected chi connectivity index (χ3v) is 4.56. The van der Waals surface area contributed by atoms with Gasteiger partial charge >= 0.3 is 0 Å². The number of hydrogen-bond donors (Lipinski definition) is 3. The van der Waals surface area contributed by atoms with Crippen LogP contribution in [-0.4, -0.2) is 16.8 Å². The van der Waals surface area contributed by atoms with Crippen LogP contribution in [0.2, 0.25) is 0 Å². The third kappa shape index (κ3) is 4.41. The van der Waals surface area contributed by atoms with Crippen LogP contribution in [0.1, 0.15) is 57.6 Å². The van der Waals surface area contributed by atoms with E-state index in [2.05, 4.69) is 19.2 Å². The van der Waals surface area contributed by atoms with Crippen molar-refractivity contribution >= 4 is 0 Å². The minimum Gasteiger partial charge on any atom is -0.508 e. The molecular formula is C17H27NO2. The molecule has 2 rings (SSSR count). The number of phenols is 2. The Morgan fingerprint density at radius 1 is 1.10 bits per heavy atom. The molecule has 0 amide bonds. The van der Waals surface area contributed by atoms with Crippen molar-refractivity contribution in [3.63, 3.8) is 0 Å². The first-order chi connectivity index (χ1) is 9.54. The van der Waals surface area contributed by atoms with Crippen LogP contribution in [0.3, 0.4) is 0 Å². The zero-order valence-electron chi connectivity index (χ0n) is 12.6. The first kappa shape index (κ1) is 15.2. The highest BCUT2D eigenvalue weighted by molar-refractivity contribution is 5.37. The molecule has 0 spiro atoms. The van der Waals surface area contributed by atoms with E-state index in [-0.39, 0.29) is 17.5 Å². The van der Waals surface area contributed by atoms with Crippen molar-refractivity contribution in [1.29, 1.82) is 0 Å². The fourth-order valence-corrected chi connectivity index (χ4v) is 3.11. The summed E-state index contributed by atoms with van der Waals surface area (Å²) >= 11 is 0. The number of rotatable bonds is 5. The zero-order valence-corrected chi connectivity index (χ0v) is 12.6. The summed E-state index contributed by atoms with van der Waals surface area (Å²) in [4.78, 5) is 0. The van der Waals surface area contributed by atoms with E-state index in [1.165, 1.54) is 38.2 Å². The number of hydrogen-bond acceptors (Lipinski definition) is 3. The summed E-state index contributed by atoms with van der Waals surface area (Å²) in [5.41, 5.74) is 0.930. The number of nitrogens with one attached hydrogen (secondary N) is 1. The van der Waals surface area contributed by atoms with E-state index in [0.29, 0.717) is 0 Å². The Kier molecular flexibility index (Phi) is 5.30. The van der Waals surface area contributed by atoms with Gasteiger partial charge in [0, 0.05) is 12.1 Å². The lowest BCUT2D eigenvalue weighted by atomic mass is 9.81. The first-order valence-electron chi connectivity index (χ1n) is 7.81. The van der Waals surface area contributed by atoms with Crippen molar-refractivity contribution in [3.8, 4) is 11.5 Å². The van der Waals surface area contributed by atoms with Gasteiger partial charge in [0.05, 0.1) is 0 Å². The zero-order chi connectivity index (χ0) is 14.5. The molecule has 3 N–H and O–H groups in total. The second-order valence-electron chi connectivity index (χ2n) is 6.37. The van der Waals surface area contributed by atoms with Gasteiger partial charge in [-0.05, 0) is 49.4 Å². The Morgan fingerprint density at radius 3 is 2.30 bits per heavy atom. The van der Waals surface area contributed by atoms with E-state index in [0.717, 1.165) is 23.9 Å². The maximum atomic E-state index is 9.51. The average Bonchev–Trinajstić information content (AvgIpc) is 2.40. The third-order valence-electron chi connectivity index (χ3n) is 4.56. The van der Waals surface area contributed by atoms with Crippen molar-refractivity contribution in [2.24, 2.45) is 11.8 Å². The molecule has 112 valence electrons. The standard InChI is InChI=1S/C17H27NO2/c1-12-3-5-14(6-4-12)7-8-18-13(2)15-9-16(19)11-17(20)10-15/h9-14,18-20H,3-8H2,1-2H3. The summed E-state index contributed by atoms with van der Waals surface area (Å²) in [5, 5.41) is 22.5. The number of phenolic OH excluding ortho intramolecular Hbond substituents is 2. The largest absolute Gasteiger partial charge is 0.508 e. The Bertz CT molecular complexity index is 405. The molecule has 1 aliphatic carbocycles. The molecule has 1 aromatic carbocycles. The Labute approximate surface area is 122 Å². The van der Waals surface area contributed by atoms with E-state index < -0.39 is 0 Å². The fourth-order valence-electron chi connectivity index (χ4n) is 3.11. The molecule has 1 saturated carbocycles. The average molecular weight is 277 g/mol. The van der Waals surface area contributed by atoms with Crippen LogP contribution in [0.15, 0.2) is 18.2 Å². The first-order valence-corrected chi connectivity index (χ1v) is 7.81. The van der Waals surface area contributed by atoms with Crippen LogP contribution in [-0.2, 0) is 0 Å². The Hall–Kier alpha value is -1.22.